The van der Waals surface area contributed by atoms with Crippen molar-refractivity contribution in [3.05, 3.63) is 105 Å². The van der Waals surface area contributed by atoms with Gasteiger partial charge in [0, 0.05) is 19.2 Å². The number of hydrogen-bond donors (Lipinski definition) is 1. The van der Waals surface area contributed by atoms with E-state index in [4.69, 9.17) is 18.9 Å². The highest BCUT2D eigenvalue weighted by atomic mass is 16.6. The van der Waals surface area contributed by atoms with Crippen LogP contribution in [-0.2, 0) is 16.0 Å². The first-order valence-electron chi connectivity index (χ1n) is 15.0. The monoisotopic (exact) mass is 602 g/mol. The number of furan rings is 1. The molecular weight excluding hydrogens is 564 g/mol. The predicted octanol–water partition coefficient (Wildman–Crippen LogP) is 5.47. The third-order valence-corrected chi connectivity index (χ3v) is 8.04. The van der Waals surface area contributed by atoms with E-state index in [-0.39, 0.29) is 29.3 Å². The van der Waals surface area contributed by atoms with Gasteiger partial charge in [0.1, 0.15) is 0 Å². The largest absolute Gasteiger partial charge is 0.490 e. The Balaban J connectivity index is 1.52. The molecule has 1 fully saturated rings. The normalized spacial score (nSPS) is 17.4. The fourth-order valence-electron chi connectivity index (χ4n) is 5.88. The maximum Gasteiger partial charge on any atom is 0.336 e. The number of aliphatic carboxylic acids is 1. The number of carbonyl (C=O) groups is 1. The SMILES string of the molecule is COc1cc(C2C(C(=O)O)=C(COCCN3CCCCC3)N=C(c3ccco3)N2CCCc2ccccc2)ccc1[N+](=O)[O-]. The van der Waals surface area contributed by atoms with Crippen LogP contribution in [0.25, 0.3) is 0 Å². The summed E-state index contributed by atoms with van der Waals surface area (Å²) in [4.78, 5) is 33.3. The molecule has 0 bridgehead atoms. The average molecular weight is 603 g/mol. The van der Waals surface area contributed by atoms with E-state index >= 15 is 0 Å². The molecular formula is C33H38N4O7. The van der Waals surface area contributed by atoms with Gasteiger partial charge in [0.2, 0.25) is 0 Å². The zero-order valence-electron chi connectivity index (χ0n) is 24.9. The van der Waals surface area contributed by atoms with Crippen LogP contribution in [0.15, 0.2) is 87.6 Å². The van der Waals surface area contributed by atoms with Crippen molar-refractivity contribution < 1.29 is 28.7 Å². The number of nitrogens with zero attached hydrogens (tertiary/aromatic N) is 4. The second-order valence-corrected chi connectivity index (χ2v) is 10.9. The Bertz CT molecular complexity index is 1480. The number of benzene rings is 2. The van der Waals surface area contributed by atoms with Gasteiger partial charge in [0.05, 0.1) is 48.8 Å². The van der Waals surface area contributed by atoms with Crippen molar-refractivity contribution in [2.45, 2.75) is 38.1 Å². The van der Waals surface area contributed by atoms with Crippen LogP contribution in [0, 0.1) is 10.1 Å². The summed E-state index contributed by atoms with van der Waals surface area (Å²) in [5, 5.41) is 22.3. The fraction of sp³-hybridized carbons (Fsp3) is 0.394. The smallest absolute Gasteiger partial charge is 0.336 e. The molecule has 0 spiro atoms. The molecule has 5 rings (SSSR count). The summed E-state index contributed by atoms with van der Waals surface area (Å²) in [5.74, 6) is -0.135. The van der Waals surface area contributed by atoms with Crippen molar-refractivity contribution in [1.29, 1.82) is 0 Å². The molecule has 0 saturated carbocycles. The zero-order valence-corrected chi connectivity index (χ0v) is 24.9. The van der Waals surface area contributed by atoms with Crippen LogP contribution in [0.1, 0.15) is 48.6 Å². The van der Waals surface area contributed by atoms with Crippen molar-refractivity contribution in [3.8, 4) is 5.75 Å². The Morgan fingerprint density at radius 2 is 1.89 bits per heavy atom. The third kappa shape index (κ3) is 7.35. The van der Waals surface area contributed by atoms with E-state index in [0.29, 0.717) is 36.7 Å². The molecule has 1 N–H and O–H groups in total. The van der Waals surface area contributed by atoms with E-state index in [1.165, 1.54) is 38.5 Å². The lowest BCUT2D eigenvalue weighted by molar-refractivity contribution is -0.385. The zero-order chi connectivity index (χ0) is 30.9. The van der Waals surface area contributed by atoms with Crippen molar-refractivity contribution >= 4 is 17.5 Å². The van der Waals surface area contributed by atoms with Crippen molar-refractivity contribution in [1.82, 2.24) is 9.80 Å². The van der Waals surface area contributed by atoms with Gasteiger partial charge in [-0.2, -0.15) is 0 Å². The van der Waals surface area contributed by atoms with Crippen LogP contribution in [-0.4, -0.2) is 78.1 Å². The summed E-state index contributed by atoms with van der Waals surface area (Å²) >= 11 is 0. The maximum atomic E-state index is 13.0. The minimum Gasteiger partial charge on any atom is -0.490 e. The van der Waals surface area contributed by atoms with Crippen LogP contribution in [0.2, 0.25) is 0 Å². The van der Waals surface area contributed by atoms with E-state index in [1.54, 1.807) is 24.5 Å². The van der Waals surface area contributed by atoms with E-state index < -0.39 is 16.9 Å². The number of likely N-dealkylation sites (tertiary alicyclic amines) is 1. The standard InChI is InChI=1S/C33H38N4O7/c1-42-29-22-25(14-15-27(29)37(40)41)31-30(33(38)39)26(23-43-21-19-35-16-6-3-7-17-35)34-32(28-13-9-20-44-28)36(31)18-8-12-24-10-4-2-5-11-24/h2,4-5,9-11,13-15,20,22,31H,3,6-8,12,16-19,21,23H2,1H3,(H,38,39). The van der Waals surface area contributed by atoms with Gasteiger partial charge in [-0.25, -0.2) is 9.79 Å². The number of aliphatic imine (C=N–C) groups is 1. The number of nitro groups is 1. The summed E-state index contributed by atoms with van der Waals surface area (Å²) < 4.78 is 17.2. The van der Waals surface area contributed by atoms with Gasteiger partial charge < -0.3 is 28.8 Å². The highest BCUT2D eigenvalue weighted by molar-refractivity contribution is 6.01. The minimum absolute atomic E-state index is 0.00183. The summed E-state index contributed by atoms with van der Waals surface area (Å²) in [5.41, 5.74) is 1.81. The number of amidine groups is 1. The number of nitro benzene ring substituents is 1. The van der Waals surface area contributed by atoms with E-state index in [0.717, 1.165) is 31.6 Å². The Hall–Kier alpha value is -4.48. The quantitative estimate of drug-likeness (QED) is 0.145. The molecule has 2 aliphatic heterocycles. The highest BCUT2D eigenvalue weighted by Gasteiger charge is 2.39. The molecule has 0 radical (unpaired) electrons. The Labute approximate surface area is 256 Å². The van der Waals surface area contributed by atoms with Crippen LogP contribution < -0.4 is 4.74 Å². The van der Waals surface area contributed by atoms with Gasteiger partial charge in [-0.15, -0.1) is 0 Å². The molecule has 3 heterocycles. The minimum atomic E-state index is -1.14. The molecule has 1 aromatic heterocycles. The van der Waals surface area contributed by atoms with Crippen LogP contribution in [0.5, 0.6) is 5.75 Å². The Morgan fingerprint density at radius 3 is 2.57 bits per heavy atom. The predicted molar refractivity (Wildman–Crippen MR) is 165 cm³/mol. The van der Waals surface area contributed by atoms with E-state index in [2.05, 4.69) is 17.0 Å². The number of aryl methyl sites for hydroxylation is 1. The van der Waals surface area contributed by atoms with Crippen molar-refractivity contribution in [3.63, 3.8) is 0 Å². The van der Waals surface area contributed by atoms with Crippen molar-refractivity contribution in [2.75, 3.05) is 46.5 Å². The molecule has 1 saturated heterocycles. The van der Waals surface area contributed by atoms with E-state index in [1.807, 2.05) is 23.1 Å². The van der Waals surface area contributed by atoms with E-state index in [9.17, 15) is 20.0 Å². The second kappa shape index (κ2) is 14.8. The summed E-state index contributed by atoms with van der Waals surface area (Å²) in [6.45, 7) is 3.72. The molecule has 2 aliphatic rings. The molecule has 1 atom stereocenters. The Kier molecular flexibility index (Phi) is 10.4. The number of carboxylic acid groups (broad SMARTS) is 1. The molecule has 11 nitrogen and oxygen atoms in total. The summed E-state index contributed by atoms with van der Waals surface area (Å²) in [6.07, 6.45) is 6.59. The molecule has 0 amide bonds. The van der Waals surface area contributed by atoms with Gasteiger partial charge in [-0.05, 0) is 74.2 Å². The lowest BCUT2D eigenvalue weighted by Gasteiger charge is -2.38. The molecule has 11 heteroatoms. The molecule has 1 unspecified atom stereocenters. The first-order valence-corrected chi connectivity index (χ1v) is 15.0. The third-order valence-electron chi connectivity index (χ3n) is 8.04. The second-order valence-electron chi connectivity index (χ2n) is 10.9. The van der Waals surface area contributed by atoms with Gasteiger partial charge in [-0.1, -0.05) is 36.8 Å². The Morgan fingerprint density at radius 1 is 1.09 bits per heavy atom. The van der Waals surface area contributed by atoms with Gasteiger partial charge >= 0.3 is 11.7 Å². The molecule has 232 valence electrons. The number of rotatable bonds is 14. The lowest BCUT2D eigenvalue weighted by atomic mass is 9.92. The van der Waals surface area contributed by atoms with Crippen LogP contribution in [0.4, 0.5) is 5.69 Å². The molecule has 44 heavy (non-hydrogen) atoms. The van der Waals surface area contributed by atoms with Gasteiger partial charge in [0.15, 0.2) is 17.3 Å². The summed E-state index contributed by atoms with van der Waals surface area (Å²) in [6, 6.07) is 17.2. The maximum absolute atomic E-state index is 13.0. The van der Waals surface area contributed by atoms with Crippen LogP contribution >= 0.6 is 0 Å². The van der Waals surface area contributed by atoms with Gasteiger partial charge in [0.25, 0.3) is 0 Å². The number of methoxy groups -OCH3 is 1. The number of hydrogen-bond acceptors (Lipinski definition) is 9. The number of ether oxygens (including phenoxy) is 2. The first kappa shape index (κ1) is 31.0. The van der Waals surface area contributed by atoms with Gasteiger partial charge in [-0.3, -0.25) is 10.1 Å². The average Bonchev–Trinajstić information content (AvgIpc) is 3.58. The first-order chi connectivity index (χ1) is 21.5. The molecule has 2 aromatic carbocycles. The molecule has 3 aromatic rings. The van der Waals surface area contributed by atoms with Crippen LogP contribution in [0.3, 0.4) is 0 Å². The fourth-order valence-corrected chi connectivity index (χ4v) is 5.88. The lowest BCUT2D eigenvalue weighted by Crippen LogP contribution is -2.42. The summed E-state index contributed by atoms with van der Waals surface area (Å²) in [7, 11) is 1.36. The van der Waals surface area contributed by atoms with Crippen molar-refractivity contribution in [2.24, 2.45) is 4.99 Å². The topological polar surface area (TPSA) is 131 Å². The molecule has 0 aliphatic carbocycles. The highest BCUT2D eigenvalue weighted by Crippen LogP contribution is 2.40. The number of piperidine rings is 1. The number of carboxylic acids is 1.